The number of hydrogen-bond acceptors (Lipinski definition) is 3. The second-order valence-corrected chi connectivity index (χ2v) is 5.52. The molecule has 0 bridgehead atoms. The van der Waals surface area contributed by atoms with E-state index in [1.807, 2.05) is 0 Å². The predicted octanol–water partition coefficient (Wildman–Crippen LogP) is 5.30. The van der Waals surface area contributed by atoms with E-state index >= 15 is 0 Å². The first-order chi connectivity index (χ1) is 12.3. The SMILES string of the molecule is CCC(=O)Oc1ccccc1COc1cc(F)c(CC)cc1C(F)(F)F. The average molecular weight is 370 g/mol. The summed E-state index contributed by atoms with van der Waals surface area (Å²) in [6.07, 6.45) is -4.40. The Balaban J connectivity index is 2.30. The van der Waals surface area contributed by atoms with E-state index in [9.17, 15) is 22.4 Å². The maximum atomic E-state index is 13.9. The second-order valence-electron chi connectivity index (χ2n) is 5.52. The highest BCUT2D eigenvalue weighted by atomic mass is 19.4. The lowest BCUT2D eigenvalue weighted by Crippen LogP contribution is -2.12. The molecule has 0 aliphatic carbocycles. The summed E-state index contributed by atoms with van der Waals surface area (Å²) < 4.78 is 64.0. The zero-order valence-electron chi connectivity index (χ0n) is 14.3. The van der Waals surface area contributed by atoms with Crippen LogP contribution in [0.3, 0.4) is 0 Å². The van der Waals surface area contributed by atoms with Gasteiger partial charge in [0, 0.05) is 18.1 Å². The molecule has 2 rings (SSSR count). The van der Waals surface area contributed by atoms with Crippen LogP contribution in [-0.2, 0) is 24.0 Å². The number of rotatable bonds is 6. The Morgan fingerprint density at radius 2 is 1.73 bits per heavy atom. The highest BCUT2D eigenvalue weighted by Crippen LogP contribution is 2.38. The highest BCUT2D eigenvalue weighted by molar-refractivity contribution is 5.72. The van der Waals surface area contributed by atoms with Crippen LogP contribution >= 0.6 is 0 Å². The van der Waals surface area contributed by atoms with E-state index in [-0.39, 0.29) is 30.8 Å². The molecule has 0 saturated carbocycles. The molecule has 0 aliphatic rings. The summed E-state index contributed by atoms with van der Waals surface area (Å²) in [7, 11) is 0. The quantitative estimate of drug-likeness (QED) is 0.393. The van der Waals surface area contributed by atoms with Crippen LogP contribution in [0.15, 0.2) is 36.4 Å². The molecule has 2 aromatic rings. The van der Waals surface area contributed by atoms with Gasteiger partial charge in [-0.15, -0.1) is 0 Å². The summed E-state index contributed by atoms with van der Waals surface area (Å²) in [4.78, 5) is 11.4. The number of carbonyl (C=O) groups excluding carboxylic acids is 1. The number of halogens is 4. The van der Waals surface area contributed by atoms with E-state index in [1.54, 1.807) is 32.0 Å². The fourth-order valence-electron chi connectivity index (χ4n) is 2.28. The number of aryl methyl sites for hydroxylation is 1. The van der Waals surface area contributed by atoms with E-state index < -0.39 is 29.3 Å². The van der Waals surface area contributed by atoms with Gasteiger partial charge < -0.3 is 9.47 Å². The molecule has 0 aromatic heterocycles. The fourth-order valence-corrected chi connectivity index (χ4v) is 2.28. The molecule has 0 spiro atoms. The number of para-hydroxylation sites is 1. The van der Waals surface area contributed by atoms with Gasteiger partial charge >= 0.3 is 12.1 Å². The molecule has 26 heavy (non-hydrogen) atoms. The van der Waals surface area contributed by atoms with Crippen molar-refractivity contribution in [3.8, 4) is 11.5 Å². The molecule has 2 aromatic carbocycles. The van der Waals surface area contributed by atoms with Crippen LogP contribution in [0.5, 0.6) is 11.5 Å². The number of hydrogen-bond donors (Lipinski definition) is 0. The van der Waals surface area contributed by atoms with Crippen molar-refractivity contribution in [1.82, 2.24) is 0 Å². The van der Waals surface area contributed by atoms with Crippen molar-refractivity contribution in [2.24, 2.45) is 0 Å². The van der Waals surface area contributed by atoms with Crippen LogP contribution in [0.25, 0.3) is 0 Å². The van der Waals surface area contributed by atoms with E-state index in [1.165, 1.54) is 6.07 Å². The summed E-state index contributed by atoms with van der Waals surface area (Å²) >= 11 is 0. The highest BCUT2D eigenvalue weighted by Gasteiger charge is 2.35. The number of ether oxygens (including phenoxy) is 2. The summed E-state index contributed by atoms with van der Waals surface area (Å²) in [5.41, 5.74) is -0.705. The lowest BCUT2D eigenvalue weighted by molar-refractivity contribution is -0.139. The summed E-state index contributed by atoms with van der Waals surface area (Å²) in [5, 5.41) is 0. The molecule has 0 radical (unpaired) electrons. The monoisotopic (exact) mass is 370 g/mol. The van der Waals surface area contributed by atoms with Crippen LogP contribution < -0.4 is 9.47 Å². The van der Waals surface area contributed by atoms with Gasteiger partial charge in [0.2, 0.25) is 0 Å². The third-order valence-electron chi connectivity index (χ3n) is 3.70. The minimum atomic E-state index is -4.68. The van der Waals surface area contributed by atoms with Crippen LogP contribution in [0.2, 0.25) is 0 Å². The Bertz CT molecular complexity index is 785. The Morgan fingerprint density at radius 1 is 1.04 bits per heavy atom. The molecule has 0 unspecified atom stereocenters. The molecule has 0 atom stereocenters. The summed E-state index contributed by atoms with van der Waals surface area (Å²) in [6, 6.07) is 7.82. The lowest BCUT2D eigenvalue weighted by atomic mass is 10.1. The van der Waals surface area contributed by atoms with Gasteiger partial charge in [0.1, 0.15) is 23.9 Å². The molecule has 140 valence electrons. The maximum absolute atomic E-state index is 13.9. The van der Waals surface area contributed by atoms with Crippen LogP contribution in [0.4, 0.5) is 17.6 Å². The first-order valence-corrected chi connectivity index (χ1v) is 8.07. The maximum Gasteiger partial charge on any atom is 0.419 e. The van der Waals surface area contributed by atoms with Crippen molar-refractivity contribution < 1.29 is 31.8 Å². The largest absolute Gasteiger partial charge is 0.488 e. The summed E-state index contributed by atoms with van der Waals surface area (Å²) in [6.45, 7) is 2.88. The molecule has 0 N–H and O–H groups in total. The molecular formula is C19H18F4O3. The zero-order chi connectivity index (χ0) is 19.3. The fraction of sp³-hybridized carbons (Fsp3) is 0.316. The predicted molar refractivity (Wildman–Crippen MR) is 87.5 cm³/mol. The minimum Gasteiger partial charge on any atom is -0.488 e. The Morgan fingerprint density at radius 3 is 2.35 bits per heavy atom. The van der Waals surface area contributed by atoms with Gasteiger partial charge in [-0.1, -0.05) is 32.0 Å². The Labute approximate surface area is 148 Å². The molecule has 7 heteroatoms. The molecule has 0 fully saturated rings. The van der Waals surface area contributed by atoms with E-state index in [4.69, 9.17) is 9.47 Å². The third kappa shape index (κ3) is 4.74. The normalized spacial score (nSPS) is 11.3. The smallest absolute Gasteiger partial charge is 0.419 e. The van der Waals surface area contributed by atoms with Gasteiger partial charge in [0.05, 0.1) is 5.56 Å². The van der Waals surface area contributed by atoms with E-state index in [0.29, 0.717) is 5.56 Å². The summed E-state index contributed by atoms with van der Waals surface area (Å²) in [5.74, 6) is -1.66. The number of esters is 1. The van der Waals surface area contributed by atoms with Crippen molar-refractivity contribution in [2.75, 3.05) is 0 Å². The van der Waals surface area contributed by atoms with Gasteiger partial charge in [-0.3, -0.25) is 4.79 Å². The van der Waals surface area contributed by atoms with Gasteiger partial charge in [-0.05, 0) is 24.1 Å². The number of alkyl halides is 3. The zero-order valence-corrected chi connectivity index (χ0v) is 14.3. The third-order valence-corrected chi connectivity index (χ3v) is 3.70. The molecule has 0 heterocycles. The number of carbonyl (C=O) groups is 1. The van der Waals surface area contributed by atoms with Gasteiger partial charge in [0.25, 0.3) is 0 Å². The van der Waals surface area contributed by atoms with Crippen molar-refractivity contribution in [2.45, 2.75) is 39.5 Å². The molecule has 3 nitrogen and oxygen atoms in total. The first-order valence-electron chi connectivity index (χ1n) is 8.07. The first kappa shape index (κ1) is 19.8. The Hall–Kier alpha value is -2.57. The van der Waals surface area contributed by atoms with Crippen molar-refractivity contribution >= 4 is 5.97 Å². The molecular weight excluding hydrogens is 352 g/mol. The van der Waals surface area contributed by atoms with E-state index in [2.05, 4.69) is 0 Å². The molecule has 0 aliphatic heterocycles. The standard InChI is InChI=1S/C19H18F4O3/c1-3-12-9-14(19(21,22)23)17(10-15(12)20)25-11-13-7-5-6-8-16(13)26-18(24)4-2/h5-10H,3-4,11H2,1-2H3. The minimum absolute atomic E-state index is 0.0399. The lowest BCUT2D eigenvalue weighted by Gasteiger charge is -2.17. The average Bonchev–Trinajstić information content (AvgIpc) is 2.59. The van der Waals surface area contributed by atoms with Crippen molar-refractivity contribution in [3.63, 3.8) is 0 Å². The number of benzene rings is 2. The Kier molecular flexibility index (Phi) is 6.23. The van der Waals surface area contributed by atoms with E-state index in [0.717, 1.165) is 12.1 Å². The van der Waals surface area contributed by atoms with Crippen LogP contribution in [0, 0.1) is 5.82 Å². The van der Waals surface area contributed by atoms with Crippen LogP contribution in [-0.4, -0.2) is 5.97 Å². The van der Waals surface area contributed by atoms with Gasteiger partial charge in [0.15, 0.2) is 0 Å². The topological polar surface area (TPSA) is 35.5 Å². The second kappa shape index (κ2) is 8.21. The van der Waals surface area contributed by atoms with Gasteiger partial charge in [-0.25, -0.2) is 4.39 Å². The molecule has 0 amide bonds. The van der Waals surface area contributed by atoms with Crippen molar-refractivity contribution in [1.29, 1.82) is 0 Å². The van der Waals surface area contributed by atoms with Crippen LogP contribution in [0.1, 0.15) is 37.0 Å². The van der Waals surface area contributed by atoms with Crippen molar-refractivity contribution in [3.05, 3.63) is 58.9 Å². The molecule has 0 saturated heterocycles. The van der Waals surface area contributed by atoms with Gasteiger partial charge in [-0.2, -0.15) is 13.2 Å².